The standard InChI is InChI=1S/C60H101NO3/c1-3-5-7-9-11-13-15-17-18-19-20-21-22-23-24-25-26-27-28-29-30-31-32-33-34-35-36-37-38-39-40-41-42-44-46-48-50-52-54-56-60(64)61-58(57-62)59(63)55-53-51-49-47-45-43-16-14-12-10-8-6-4-2/h5,7,11,13,17-18,20-21,23-24,26-27,29-30,32-33,35-36,38-39,58-59,62-63H,3-4,6,8-10,12,14-16,19,22,25,28,31,34,37,40-57H2,1-2H3,(H,61,64)/b7-5-,13-11-,18-17-,21-20-,24-23-,27-26-,30-29-,33-32-,36-35-,39-38-. The maximum atomic E-state index is 12.4. The summed E-state index contributed by atoms with van der Waals surface area (Å²) in [5.74, 6) is -0.0452. The molecule has 0 fully saturated rings. The zero-order valence-corrected chi connectivity index (χ0v) is 41.8. The first-order valence-electron chi connectivity index (χ1n) is 26.7. The van der Waals surface area contributed by atoms with E-state index in [-0.39, 0.29) is 12.5 Å². The number of unbranched alkanes of at least 4 members (excludes halogenated alkanes) is 20. The Bertz CT molecular complexity index is 1280. The van der Waals surface area contributed by atoms with E-state index >= 15 is 0 Å². The van der Waals surface area contributed by atoms with E-state index in [9.17, 15) is 15.0 Å². The molecule has 0 aliphatic rings. The Morgan fingerprint density at radius 2 is 0.688 bits per heavy atom. The summed E-state index contributed by atoms with van der Waals surface area (Å²) in [4.78, 5) is 12.4. The van der Waals surface area contributed by atoms with Crippen LogP contribution in [0.15, 0.2) is 122 Å². The van der Waals surface area contributed by atoms with Crippen molar-refractivity contribution in [3.05, 3.63) is 122 Å². The molecule has 0 aromatic heterocycles. The van der Waals surface area contributed by atoms with Gasteiger partial charge in [-0.25, -0.2) is 0 Å². The monoisotopic (exact) mass is 884 g/mol. The highest BCUT2D eigenvalue weighted by atomic mass is 16.3. The van der Waals surface area contributed by atoms with Gasteiger partial charge in [0.1, 0.15) is 0 Å². The lowest BCUT2D eigenvalue weighted by Crippen LogP contribution is -2.45. The zero-order valence-electron chi connectivity index (χ0n) is 41.8. The smallest absolute Gasteiger partial charge is 0.220 e. The second-order valence-corrected chi connectivity index (χ2v) is 17.6. The van der Waals surface area contributed by atoms with E-state index in [1.807, 2.05) is 0 Å². The molecule has 0 saturated carbocycles. The van der Waals surface area contributed by atoms with Crippen molar-refractivity contribution in [2.45, 2.75) is 244 Å². The molecule has 4 heteroatoms. The fourth-order valence-corrected chi connectivity index (χ4v) is 7.45. The van der Waals surface area contributed by atoms with Gasteiger partial charge < -0.3 is 15.5 Å². The summed E-state index contributed by atoms with van der Waals surface area (Å²) in [7, 11) is 0. The molecule has 0 bridgehead atoms. The molecule has 0 aliphatic carbocycles. The highest BCUT2D eigenvalue weighted by Gasteiger charge is 2.20. The third-order valence-electron chi connectivity index (χ3n) is 11.5. The molecule has 2 unspecified atom stereocenters. The first-order chi connectivity index (χ1) is 31.7. The van der Waals surface area contributed by atoms with Crippen molar-refractivity contribution in [3.63, 3.8) is 0 Å². The van der Waals surface area contributed by atoms with Crippen LogP contribution >= 0.6 is 0 Å². The second kappa shape index (κ2) is 54.1. The lowest BCUT2D eigenvalue weighted by atomic mass is 10.0. The number of carbonyl (C=O) groups excluding carboxylic acids is 1. The number of carbonyl (C=O) groups is 1. The molecule has 0 aromatic carbocycles. The predicted molar refractivity (Wildman–Crippen MR) is 285 cm³/mol. The van der Waals surface area contributed by atoms with E-state index in [0.29, 0.717) is 12.8 Å². The van der Waals surface area contributed by atoms with E-state index in [1.54, 1.807) is 0 Å². The third-order valence-corrected chi connectivity index (χ3v) is 11.5. The summed E-state index contributed by atoms with van der Waals surface area (Å²) in [5, 5.41) is 23.2. The Hall–Kier alpha value is -3.21. The molecule has 64 heavy (non-hydrogen) atoms. The van der Waals surface area contributed by atoms with Gasteiger partial charge in [-0.3, -0.25) is 4.79 Å². The average molecular weight is 884 g/mol. The van der Waals surface area contributed by atoms with Gasteiger partial charge in [0.05, 0.1) is 18.8 Å². The Morgan fingerprint density at radius 1 is 0.391 bits per heavy atom. The minimum absolute atomic E-state index is 0.0452. The van der Waals surface area contributed by atoms with E-state index in [4.69, 9.17) is 0 Å². The van der Waals surface area contributed by atoms with Crippen LogP contribution in [0.4, 0.5) is 0 Å². The molecule has 0 radical (unpaired) electrons. The van der Waals surface area contributed by atoms with Crippen LogP contribution in [-0.4, -0.2) is 34.9 Å². The van der Waals surface area contributed by atoms with Gasteiger partial charge >= 0.3 is 0 Å². The minimum atomic E-state index is -0.670. The molecule has 0 rings (SSSR count). The fourth-order valence-electron chi connectivity index (χ4n) is 7.45. The lowest BCUT2D eigenvalue weighted by molar-refractivity contribution is -0.123. The topological polar surface area (TPSA) is 69.6 Å². The lowest BCUT2D eigenvalue weighted by Gasteiger charge is -2.22. The summed E-state index contributed by atoms with van der Waals surface area (Å²) < 4.78 is 0. The second-order valence-electron chi connectivity index (χ2n) is 17.6. The number of allylic oxidation sites excluding steroid dienone is 20. The molecule has 1 amide bonds. The summed E-state index contributed by atoms with van der Waals surface area (Å²) in [6.45, 7) is 4.23. The summed E-state index contributed by atoms with van der Waals surface area (Å²) in [5.41, 5.74) is 0. The van der Waals surface area contributed by atoms with Gasteiger partial charge in [-0.05, 0) is 89.9 Å². The van der Waals surface area contributed by atoms with E-state index in [2.05, 4.69) is 141 Å². The van der Waals surface area contributed by atoms with Gasteiger partial charge in [-0.15, -0.1) is 0 Å². The first kappa shape index (κ1) is 60.8. The van der Waals surface area contributed by atoms with Crippen molar-refractivity contribution < 1.29 is 15.0 Å². The molecular formula is C60H101NO3. The number of hydrogen-bond acceptors (Lipinski definition) is 3. The Morgan fingerprint density at radius 3 is 1.03 bits per heavy atom. The molecule has 0 saturated heterocycles. The number of aliphatic hydroxyl groups is 2. The number of nitrogens with one attached hydrogen (secondary N) is 1. The van der Waals surface area contributed by atoms with Gasteiger partial charge in [-0.2, -0.15) is 0 Å². The molecule has 0 heterocycles. The number of aliphatic hydroxyl groups excluding tert-OH is 2. The third kappa shape index (κ3) is 49.8. The van der Waals surface area contributed by atoms with Crippen LogP contribution in [-0.2, 0) is 4.79 Å². The number of amides is 1. The Balaban J connectivity index is 3.61. The zero-order chi connectivity index (χ0) is 46.3. The minimum Gasteiger partial charge on any atom is -0.394 e. The molecule has 4 nitrogen and oxygen atoms in total. The summed E-state index contributed by atoms with van der Waals surface area (Å²) in [6, 6.07) is -0.548. The molecular weight excluding hydrogens is 783 g/mol. The van der Waals surface area contributed by atoms with Crippen LogP contribution < -0.4 is 5.32 Å². The molecule has 3 N–H and O–H groups in total. The molecule has 2 atom stereocenters. The predicted octanol–water partition coefficient (Wildman–Crippen LogP) is 17.7. The summed E-state index contributed by atoms with van der Waals surface area (Å²) >= 11 is 0. The maximum Gasteiger partial charge on any atom is 0.220 e. The Kier molecular flexibility index (Phi) is 51.4. The van der Waals surface area contributed by atoms with Crippen LogP contribution in [0.25, 0.3) is 0 Å². The normalized spacial score (nSPS) is 13.9. The van der Waals surface area contributed by atoms with Crippen molar-refractivity contribution in [1.82, 2.24) is 5.32 Å². The van der Waals surface area contributed by atoms with E-state index < -0.39 is 12.1 Å². The highest BCUT2D eigenvalue weighted by molar-refractivity contribution is 5.76. The van der Waals surface area contributed by atoms with Crippen LogP contribution in [0.1, 0.15) is 232 Å². The van der Waals surface area contributed by atoms with Gasteiger partial charge in [0, 0.05) is 6.42 Å². The van der Waals surface area contributed by atoms with Crippen LogP contribution in [0, 0.1) is 0 Å². The quantitative estimate of drug-likeness (QED) is 0.0421. The number of hydrogen-bond donors (Lipinski definition) is 3. The van der Waals surface area contributed by atoms with Crippen LogP contribution in [0.5, 0.6) is 0 Å². The summed E-state index contributed by atoms with van der Waals surface area (Å²) in [6.07, 6.45) is 83.0. The maximum absolute atomic E-state index is 12.4. The van der Waals surface area contributed by atoms with Crippen molar-refractivity contribution in [3.8, 4) is 0 Å². The largest absolute Gasteiger partial charge is 0.394 e. The van der Waals surface area contributed by atoms with Gasteiger partial charge in [0.15, 0.2) is 0 Å². The van der Waals surface area contributed by atoms with Gasteiger partial charge in [0.25, 0.3) is 0 Å². The SMILES string of the molecule is CC/C=C\C/C=C\C/C=C\C/C=C\C/C=C\C/C=C\C/C=C\C/C=C\C/C=C\C/C=C\CCCCCCCCCCC(=O)NC(CO)C(O)CCCCCCCCCCCCCCC. The highest BCUT2D eigenvalue weighted by Crippen LogP contribution is 2.15. The average Bonchev–Trinajstić information content (AvgIpc) is 3.30. The van der Waals surface area contributed by atoms with Crippen molar-refractivity contribution >= 4 is 5.91 Å². The first-order valence-corrected chi connectivity index (χ1v) is 26.7. The van der Waals surface area contributed by atoms with E-state index in [1.165, 1.54) is 109 Å². The molecule has 0 aliphatic heterocycles. The van der Waals surface area contributed by atoms with Crippen molar-refractivity contribution in [2.75, 3.05) is 6.61 Å². The van der Waals surface area contributed by atoms with Crippen molar-refractivity contribution in [2.24, 2.45) is 0 Å². The molecule has 0 aromatic rings. The van der Waals surface area contributed by atoms with Crippen LogP contribution in [0.2, 0.25) is 0 Å². The fraction of sp³-hybridized carbons (Fsp3) is 0.650. The van der Waals surface area contributed by atoms with Gasteiger partial charge in [0.2, 0.25) is 5.91 Å². The van der Waals surface area contributed by atoms with Gasteiger partial charge in [-0.1, -0.05) is 257 Å². The molecule has 364 valence electrons. The number of rotatable bonds is 47. The Labute approximate surface area is 397 Å². The van der Waals surface area contributed by atoms with E-state index in [0.717, 1.165) is 96.3 Å². The van der Waals surface area contributed by atoms with Crippen molar-refractivity contribution in [1.29, 1.82) is 0 Å². The van der Waals surface area contributed by atoms with Crippen LogP contribution in [0.3, 0.4) is 0 Å². The molecule has 0 spiro atoms.